The molecule has 3 rings (SSSR count). The fraction of sp³-hybridized carbons (Fsp3) is 0.417. The van der Waals surface area contributed by atoms with Gasteiger partial charge in [-0.15, -0.1) is 0 Å². The van der Waals surface area contributed by atoms with Gasteiger partial charge in [-0.2, -0.15) is 0 Å². The molecule has 0 spiro atoms. The molecule has 0 aliphatic carbocycles. The summed E-state index contributed by atoms with van der Waals surface area (Å²) < 4.78 is 5.61. The number of ether oxygens (including phenoxy) is 1. The predicted molar refractivity (Wildman–Crippen MR) is 140 cm³/mol. The molecule has 0 atom stereocenters. The Morgan fingerprint density at radius 3 is 2.15 bits per heavy atom. The number of halogens is 4. The number of amides is 2. The van der Waals surface area contributed by atoms with E-state index < -0.39 is 0 Å². The number of rotatable bonds is 7. The van der Waals surface area contributed by atoms with Crippen LogP contribution in [-0.4, -0.2) is 49.5 Å². The number of carbonyl (C=O) groups is 2. The molecular weight excluding hydrogens is 520 g/mol. The summed E-state index contributed by atoms with van der Waals surface area (Å²) in [6.45, 7) is 7.98. The van der Waals surface area contributed by atoms with E-state index in [4.69, 9.17) is 51.1 Å². The molecular formula is C24H27Cl4N3O3. The van der Waals surface area contributed by atoms with Crippen LogP contribution in [0.4, 0.5) is 11.4 Å². The molecule has 1 fully saturated rings. The molecule has 2 amide bonds. The molecule has 0 saturated carbocycles. The molecule has 2 aromatic carbocycles. The second-order valence-electron chi connectivity index (χ2n) is 8.14. The van der Waals surface area contributed by atoms with Gasteiger partial charge < -0.3 is 19.9 Å². The standard InChI is InChI=1S/C24H27Cl4N3O3/c1-4-5-20(33)31-10-8-30(9-11-31)18-7-6-16(12-17(18)25)29-19(32)13-34-24-22(27)14(2)21(26)15(3)23(24)28/h6-7,12H,4-5,8-11,13H2,1-3H3,(H,29,32). The number of nitrogens with one attached hydrogen (secondary N) is 1. The largest absolute Gasteiger partial charge is 0.481 e. The van der Waals surface area contributed by atoms with E-state index in [0.29, 0.717) is 59.5 Å². The zero-order valence-electron chi connectivity index (χ0n) is 19.3. The van der Waals surface area contributed by atoms with Gasteiger partial charge in [0.05, 0.1) is 20.8 Å². The van der Waals surface area contributed by atoms with Crippen molar-refractivity contribution >= 4 is 69.6 Å². The second-order valence-corrected chi connectivity index (χ2v) is 9.68. The van der Waals surface area contributed by atoms with E-state index in [-0.39, 0.29) is 34.2 Å². The van der Waals surface area contributed by atoms with Crippen LogP contribution in [0.5, 0.6) is 5.75 Å². The van der Waals surface area contributed by atoms with Crippen molar-refractivity contribution < 1.29 is 14.3 Å². The van der Waals surface area contributed by atoms with Gasteiger partial charge in [-0.25, -0.2) is 0 Å². The van der Waals surface area contributed by atoms with Gasteiger partial charge in [-0.05, 0) is 49.6 Å². The molecule has 0 unspecified atom stereocenters. The van der Waals surface area contributed by atoms with Crippen LogP contribution in [-0.2, 0) is 9.59 Å². The molecule has 1 saturated heterocycles. The van der Waals surface area contributed by atoms with E-state index in [1.165, 1.54) is 0 Å². The minimum atomic E-state index is -0.385. The molecule has 1 N–H and O–H groups in total. The summed E-state index contributed by atoms with van der Waals surface area (Å²) in [5.41, 5.74) is 2.68. The highest BCUT2D eigenvalue weighted by Gasteiger charge is 2.22. The van der Waals surface area contributed by atoms with Crippen molar-refractivity contribution in [3.63, 3.8) is 0 Å². The molecule has 0 aromatic heterocycles. The van der Waals surface area contributed by atoms with Gasteiger partial charge in [0, 0.05) is 43.3 Å². The third-order valence-electron chi connectivity index (χ3n) is 5.73. The normalized spacial score (nSPS) is 13.7. The summed E-state index contributed by atoms with van der Waals surface area (Å²) in [6, 6.07) is 5.34. The quantitative estimate of drug-likeness (QED) is 0.437. The van der Waals surface area contributed by atoms with Crippen molar-refractivity contribution in [2.75, 3.05) is 43.0 Å². The Morgan fingerprint density at radius 2 is 1.59 bits per heavy atom. The van der Waals surface area contributed by atoms with Gasteiger partial charge in [-0.1, -0.05) is 53.3 Å². The summed E-state index contributed by atoms with van der Waals surface area (Å²) in [5.74, 6) is 0.0344. The minimum absolute atomic E-state index is 0.194. The lowest BCUT2D eigenvalue weighted by molar-refractivity contribution is -0.131. The molecule has 1 heterocycles. The lowest BCUT2D eigenvalue weighted by atomic mass is 10.1. The first kappa shape index (κ1) is 26.7. The van der Waals surface area contributed by atoms with E-state index >= 15 is 0 Å². The minimum Gasteiger partial charge on any atom is -0.481 e. The maximum atomic E-state index is 12.5. The number of benzene rings is 2. The summed E-state index contributed by atoms with van der Waals surface area (Å²) in [5, 5.41) is 4.30. The van der Waals surface area contributed by atoms with Crippen LogP contribution in [0.3, 0.4) is 0 Å². The van der Waals surface area contributed by atoms with E-state index in [9.17, 15) is 9.59 Å². The van der Waals surface area contributed by atoms with Crippen molar-refractivity contribution in [2.24, 2.45) is 0 Å². The lowest BCUT2D eigenvalue weighted by Crippen LogP contribution is -2.48. The van der Waals surface area contributed by atoms with Crippen molar-refractivity contribution in [1.29, 1.82) is 0 Å². The Balaban J connectivity index is 1.59. The van der Waals surface area contributed by atoms with E-state index in [1.807, 2.05) is 17.9 Å². The van der Waals surface area contributed by atoms with Crippen LogP contribution in [0.15, 0.2) is 18.2 Å². The van der Waals surface area contributed by atoms with Crippen LogP contribution in [0.2, 0.25) is 20.1 Å². The highest BCUT2D eigenvalue weighted by atomic mass is 35.5. The topological polar surface area (TPSA) is 61.9 Å². The fourth-order valence-corrected chi connectivity index (χ4v) is 4.90. The first-order valence-corrected chi connectivity index (χ1v) is 12.5. The van der Waals surface area contributed by atoms with Crippen LogP contribution < -0.4 is 15.0 Å². The Morgan fingerprint density at radius 1 is 0.971 bits per heavy atom. The molecule has 34 heavy (non-hydrogen) atoms. The van der Waals surface area contributed by atoms with E-state index in [0.717, 1.165) is 12.1 Å². The Kier molecular flexibility index (Phi) is 9.21. The van der Waals surface area contributed by atoms with Crippen molar-refractivity contribution in [3.8, 4) is 5.75 Å². The fourth-order valence-electron chi connectivity index (χ4n) is 3.78. The maximum absolute atomic E-state index is 12.5. The molecule has 10 heteroatoms. The van der Waals surface area contributed by atoms with Gasteiger partial charge >= 0.3 is 0 Å². The van der Waals surface area contributed by atoms with Gasteiger partial charge in [-0.3, -0.25) is 9.59 Å². The molecule has 0 bridgehead atoms. The molecule has 2 aromatic rings. The Labute approximate surface area is 220 Å². The van der Waals surface area contributed by atoms with Crippen molar-refractivity contribution in [3.05, 3.63) is 49.4 Å². The second kappa shape index (κ2) is 11.7. The highest BCUT2D eigenvalue weighted by Crippen LogP contribution is 2.42. The molecule has 1 aliphatic heterocycles. The molecule has 184 valence electrons. The molecule has 6 nitrogen and oxygen atoms in total. The maximum Gasteiger partial charge on any atom is 0.262 e. The third kappa shape index (κ3) is 6.03. The Bertz CT molecular complexity index is 1060. The summed E-state index contributed by atoms with van der Waals surface area (Å²) >= 11 is 25.3. The third-order valence-corrected chi connectivity index (χ3v) is 7.51. The number of hydrogen-bond donors (Lipinski definition) is 1. The summed E-state index contributed by atoms with van der Waals surface area (Å²) in [7, 11) is 0. The monoisotopic (exact) mass is 545 g/mol. The summed E-state index contributed by atoms with van der Waals surface area (Å²) in [4.78, 5) is 28.6. The number of carbonyl (C=O) groups excluding carboxylic acids is 2. The lowest BCUT2D eigenvalue weighted by Gasteiger charge is -2.36. The van der Waals surface area contributed by atoms with E-state index in [1.54, 1.807) is 26.0 Å². The smallest absolute Gasteiger partial charge is 0.262 e. The number of piperazine rings is 1. The van der Waals surface area contributed by atoms with Crippen molar-refractivity contribution in [2.45, 2.75) is 33.6 Å². The van der Waals surface area contributed by atoms with Gasteiger partial charge in [0.1, 0.15) is 0 Å². The molecule has 0 radical (unpaired) electrons. The Hall–Kier alpha value is -1.86. The van der Waals surface area contributed by atoms with Gasteiger partial charge in [0.25, 0.3) is 5.91 Å². The van der Waals surface area contributed by atoms with Crippen LogP contribution in [0, 0.1) is 13.8 Å². The first-order chi connectivity index (χ1) is 16.1. The van der Waals surface area contributed by atoms with Gasteiger partial charge in [0.2, 0.25) is 5.91 Å². The van der Waals surface area contributed by atoms with Gasteiger partial charge in [0.15, 0.2) is 12.4 Å². The predicted octanol–water partition coefficient (Wildman–Crippen LogP) is 6.38. The van der Waals surface area contributed by atoms with Crippen LogP contribution in [0.25, 0.3) is 0 Å². The SMILES string of the molecule is CCCC(=O)N1CCN(c2ccc(NC(=O)COc3c(Cl)c(C)c(Cl)c(C)c3Cl)cc2Cl)CC1. The highest BCUT2D eigenvalue weighted by molar-refractivity contribution is 6.42. The number of hydrogen-bond acceptors (Lipinski definition) is 4. The molecule has 1 aliphatic rings. The zero-order valence-corrected chi connectivity index (χ0v) is 22.3. The zero-order chi connectivity index (χ0) is 25.0. The average Bonchev–Trinajstić information content (AvgIpc) is 2.82. The van der Waals surface area contributed by atoms with Crippen LogP contribution in [0.1, 0.15) is 30.9 Å². The number of nitrogens with zero attached hydrogens (tertiary/aromatic N) is 2. The van der Waals surface area contributed by atoms with Crippen molar-refractivity contribution in [1.82, 2.24) is 4.90 Å². The number of anilines is 2. The first-order valence-electron chi connectivity index (χ1n) is 11.0. The average molecular weight is 547 g/mol. The summed E-state index contributed by atoms with van der Waals surface area (Å²) in [6.07, 6.45) is 1.43. The van der Waals surface area contributed by atoms with Crippen LogP contribution >= 0.6 is 46.4 Å². The van der Waals surface area contributed by atoms with E-state index in [2.05, 4.69) is 10.2 Å².